The van der Waals surface area contributed by atoms with Gasteiger partial charge in [-0.3, -0.25) is 4.79 Å². The monoisotopic (exact) mass is 394 g/mol. The van der Waals surface area contributed by atoms with Crippen molar-refractivity contribution < 1.29 is 13.9 Å². The van der Waals surface area contributed by atoms with Crippen LogP contribution in [0.5, 0.6) is 6.01 Å². The minimum absolute atomic E-state index is 0.255. The summed E-state index contributed by atoms with van der Waals surface area (Å²) in [5.41, 5.74) is 1.61. The van der Waals surface area contributed by atoms with E-state index >= 15 is 0 Å². The molecule has 1 N–H and O–H groups in total. The van der Waals surface area contributed by atoms with Crippen molar-refractivity contribution in [1.29, 1.82) is 0 Å². The van der Waals surface area contributed by atoms with Crippen LogP contribution in [-0.2, 0) is 0 Å². The van der Waals surface area contributed by atoms with Crippen molar-refractivity contribution in [2.45, 2.75) is 0 Å². The minimum atomic E-state index is -0.454. The predicted octanol–water partition coefficient (Wildman–Crippen LogP) is 4.40. The number of anilines is 1. The first-order chi connectivity index (χ1) is 13.6. The molecule has 0 aliphatic rings. The van der Waals surface area contributed by atoms with Crippen LogP contribution in [0.15, 0.2) is 66.0 Å². The van der Waals surface area contributed by atoms with E-state index in [4.69, 9.17) is 4.74 Å². The number of rotatable bonds is 5. The number of carbonyl (C=O) groups is 1. The van der Waals surface area contributed by atoms with Crippen LogP contribution in [0, 0.1) is 5.82 Å². The summed E-state index contributed by atoms with van der Waals surface area (Å²) in [5.74, 6) is -0.165. The molecule has 0 bridgehead atoms. The van der Waals surface area contributed by atoms with Crippen LogP contribution in [0.25, 0.3) is 16.4 Å². The number of methoxy groups -OCH3 is 1. The van der Waals surface area contributed by atoms with Gasteiger partial charge in [0.25, 0.3) is 5.91 Å². The van der Waals surface area contributed by atoms with E-state index in [2.05, 4.69) is 15.4 Å². The van der Waals surface area contributed by atoms with Crippen LogP contribution in [0.1, 0.15) is 10.4 Å². The Balaban J connectivity index is 1.59. The van der Waals surface area contributed by atoms with Crippen molar-refractivity contribution in [3.8, 4) is 22.4 Å². The van der Waals surface area contributed by atoms with Crippen molar-refractivity contribution in [2.75, 3.05) is 12.4 Å². The smallest absolute Gasteiger partial charge is 0.336 e. The average Bonchev–Trinajstić information content (AvgIpc) is 3.38. The summed E-state index contributed by atoms with van der Waals surface area (Å²) in [5, 5.41) is 9.08. The molecular formula is C20H15FN4O2S. The van der Waals surface area contributed by atoms with Crippen molar-refractivity contribution in [3.63, 3.8) is 0 Å². The number of halogens is 1. The number of hydrogen-bond donors (Lipinski definition) is 1. The second-order valence-corrected chi connectivity index (χ2v) is 6.77. The van der Waals surface area contributed by atoms with Gasteiger partial charge < -0.3 is 10.1 Å². The molecule has 4 aromatic rings. The maximum atomic E-state index is 13.3. The summed E-state index contributed by atoms with van der Waals surface area (Å²) >= 11 is 1.55. The number of nitrogens with zero attached hydrogens (tertiary/aromatic N) is 3. The fraction of sp³-hybridized carbons (Fsp3) is 0.0500. The van der Waals surface area contributed by atoms with E-state index < -0.39 is 5.82 Å². The van der Waals surface area contributed by atoms with E-state index in [0.29, 0.717) is 11.5 Å². The van der Waals surface area contributed by atoms with Gasteiger partial charge in [-0.25, -0.2) is 9.07 Å². The van der Waals surface area contributed by atoms with Gasteiger partial charge >= 0.3 is 6.01 Å². The van der Waals surface area contributed by atoms with Crippen molar-refractivity contribution in [1.82, 2.24) is 14.8 Å². The number of hydrogen-bond acceptors (Lipinski definition) is 5. The average molecular weight is 394 g/mol. The fourth-order valence-electron chi connectivity index (χ4n) is 2.64. The second kappa shape index (κ2) is 7.61. The van der Waals surface area contributed by atoms with Crippen LogP contribution in [0.2, 0.25) is 0 Å². The Morgan fingerprint density at radius 2 is 1.96 bits per heavy atom. The third-order valence-corrected chi connectivity index (χ3v) is 4.83. The molecule has 8 heteroatoms. The van der Waals surface area contributed by atoms with Gasteiger partial charge in [0.2, 0.25) is 0 Å². The zero-order chi connectivity index (χ0) is 19.5. The zero-order valence-corrected chi connectivity index (χ0v) is 15.6. The van der Waals surface area contributed by atoms with Gasteiger partial charge in [0.15, 0.2) is 5.82 Å². The summed E-state index contributed by atoms with van der Waals surface area (Å²) in [4.78, 5) is 17.6. The maximum Gasteiger partial charge on any atom is 0.336 e. The molecule has 0 unspecified atom stereocenters. The molecule has 0 saturated heterocycles. The molecule has 0 aliphatic heterocycles. The van der Waals surface area contributed by atoms with Crippen molar-refractivity contribution in [2.24, 2.45) is 0 Å². The minimum Gasteiger partial charge on any atom is -0.466 e. The molecule has 6 nitrogen and oxygen atoms in total. The van der Waals surface area contributed by atoms with Gasteiger partial charge in [-0.2, -0.15) is 4.98 Å². The lowest BCUT2D eigenvalue weighted by Gasteiger charge is -2.08. The van der Waals surface area contributed by atoms with Crippen LogP contribution in [-0.4, -0.2) is 27.8 Å². The molecule has 4 rings (SSSR count). The van der Waals surface area contributed by atoms with Crippen LogP contribution in [0.4, 0.5) is 10.1 Å². The molecule has 2 aromatic heterocycles. The number of amides is 1. The third-order valence-electron chi connectivity index (χ3n) is 3.97. The van der Waals surface area contributed by atoms with Gasteiger partial charge in [0, 0.05) is 11.3 Å². The Labute approximate surface area is 164 Å². The highest BCUT2D eigenvalue weighted by molar-refractivity contribution is 7.13. The summed E-state index contributed by atoms with van der Waals surface area (Å²) in [6.07, 6.45) is 0. The molecular weight excluding hydrogens is 379 g/mol. The predicted molar refractivity (Wildman–Crippen MR) is 106 cm³/mol. The standard InChI is InChI=1S/C20H15FN4O2S/c1-27-20-23-18(17-6-3-11-28-17)25(24-20)16-9-7-15(8-10-16)22-19(26)13-4-2-5-14(21)12-13/h2-12H,1H3,(H,22,26). The van der Waals surface area contributed by atoms with Gasteiger partial charge in [-0.05, 0) is 53.9 Å². The largest absolute Gasteiger partial charge is 0.466 e. The molecule has 0 saturated carbocycles. The number of nitrogens with one attached hydrogen (secondary N) is 1. The maximum absolute atomic E-state index is 13.3. The normalized spacial score (nSPS) is 10.6. The van der Waals surface area contributed by atoms with E-state index in [-0.39, 0.29) is 17.5 Å². The number of ether oxygens (including phenoxy) is 1. The molecule has 0 atom stereocenters. The van der Waals surface area contributed by atoms with Gasteiger partial charge in [0.1, 0.15) is 5.82 Å². The molecule has 2 heterocycles. The first kappa shape index (κ1) is 17.9. The van der Waals surface area contributed by atoms with Crippen LogP contribution < -0.4 is 10.1 Å². The van der Waals surface area contributed by atoms with E-state index in [0.717, 1.165) is 10.6 Å². The van der Waals surface area contributed by atoms with Crippen molar-refractivity contribution >= 4 is 22.9 Å². The Morgan fingerprint density at radius 1 is 1.14 bits per heavy atom. The lowest BCUT2D eigenvalue weighted by atomic mass is 10.2. The topological polar surface area (TPSA) is 69.0 Å². The SMILES string of the molecule is COc1nc(-c2cccs2)n(-c2ccc(NC(=O)c3cccc(F)c3)cc2)n1. The molecule has 140 valence electrons. The summed E-state index contributed by atoms with van der Waals surface area (Å²) in [6, 6.07) is 16.8. The number of aromatic nitrogens is 3. The first-order valence-electron chi connectivity index (χ1n) is 8.36. The van der Waals surface area contributed by atoms with Gasteiger partial charge in [-0.1, -0.05) is 12.1 Å². The molecule has 0 aliphatic carbocycles. The van der Waals surface area contributed by atoms with E-state index in [1.807, 2.05) is 29.6 Å². The number of benzene rings is 2. The second-order valence-electron chi connectivity index (χ2n) is 5.82. The lowest BCUT2D eigenvalue weighted by molar-refractivity contribution is 0.102. The summed E-state index contributed by atoms with van der Waals surface area (Å²) < 4.78 is 20.1. The number of carbonyl (C=O) groups excluding carboxylic acids is 1. The Bertz CT molecular complexity index is 1110. The molecule has 28 heavy (non-hydrogen) atoms. The highest BCUT2D eigenvalue weighted by Crippen LogP contribution is 2.27. The van der Waals surface area contributed by atoms with Gasteiger partial charge in [-0.15, -0.1) is 16.4 Å². The summed E-state index contributed by atoms with van der Waals surface area (Å²) in [6.45, 7) is 0. The fourth-order valence-corrected chi connectivity index (χ4v) is 3.34. The molecule has 0 radical (unpaired) electrons. The highest BCUT2D eigenvalue weighted by Gasteiger charge is 2.15. The quantitative estimate of drug-likeness (QED) is 0.545. The van der Waals surface area contributed by atoms with Crippen LogP contribution >= 0.6 is 11.3 Å². The molecule has 2 aromatic carbocycles. The summed E-state index contributed by atoms with van der Waals surface area (Å²) in [7, 11) is 1.52. The lowest BCUT2D eigenvalue weighted by Crippen LogP contribution is -2.12. The van der Waals surface area contributed by atoms with Gasteiger partial charge in [0.05, 0.1) is 17.7 Å². The molecule has 0 fully saturated rings. The van der Waals surface area contributed by atoms with Crippen molar-refractivity contribution in [3.05, 3.63) is 77.4 Å². The Morgan fingerprint density at radius 3 is 2.64 bits per heavy atom. The Hall–Kier alpha value is -3.52. The molecule has 0 spiro atoms. The Kier molecular flexibility index (Phi) is 4.86. The number of thiophene rings is 1. The zero-order valence-electron chi connectivity index (χ0n) is 14.8. The first-order valence-corrected chi connectivity index (χ1v) is 9.24. The highest BCUT2D eigenvalue weighted by atomic mass is 32.1. The van der Waals surface area contributed by atoms with E-state index in [9.17, 15) is 9.18 Å². The van der Waals surface area contributed by atoms with Crippen LogP contribution in [0.3, 0.4) is 0 Å². The van der Waals surface area contributed by atoms with E-state index in [1.54, 1.807) is 34.2 Å². The van der Waals surface area contributed by atoms with E-state index in [1.165, 1.54) is 25.3 Å². The third kappa shape index (κ3) is 3.63. The molecule has 1 amide bonds.